The zero-order valence-corrected chi connectivity index (χ0v) is 20.6. The highest BCUT2D eigenvalue weighted by Crippen LogP contribution is 2.44. The molecule has 0 aromatic heterocycles. The van der Waals surface area contributed by atoms with Crippen LogP contribution in [0, 0.1) is 0 Å². The van der Waals surface area contributed by atoms with E-state index in [-0.39, 0.29) is 11.9 Å². The summed E-state index contributed by atoms with van der Waals surface area (Å²) in [5.41, 5.74) is 4.36. The quantitative estimate of drug-likeness (QED) is 0.539. The van der Waals surface area contributed by atoms with Crippen LogP contribution in [-0.4, -0.2) is 61.8 Å². The molecule has 0 unspecified atom stereocenters. The minimum Gasteiger partial charge on any atom is -0.338 e. The van der Waals surface area contributed by atoms with Crippen molar-refractivity contribution >= 4 is 11.6 Å². The maximum atomic E-state index is 13.7. The summed E-state index contributed by atoms with van der Waals surface area (Å²) in [5.74, 6) is -1.39. The molecule has 0 bridgehead atoms. The molecule has 3 aromatic rings. The van der Waals surface area contributed by atoms with Crippen LogP contribution < -0.4 is 4.90 Å². The first-order valence-electron chi connectivity index (χ1n) is 13.0. The van der Waals surface area contributed by atoms with Crippen LogP contribution >= 0.6 is 0 Å². The smallest absolute Gasteiger partial charge is 0.293 e. The van der Waals surface area contributed by atoms with Crippen molar-refractivity contribution < 1.29 is 14.3 Å². The van der Waals surface area contributed by atoms with Crippen LogP contribution in [0.4, 0.5) is 5.69 Å². The van der Waals surface area contributed by atoms with Crippen molar-refractivity contribution in [2.75, 3.05) is 51.0 Å². The first-order chi connectivity index (χ1) is 17.8. The molecule has 0 aliphatic carbocycles. The molecule has 186 valence electrons. The number of rotatable bonds is 5. The SMILES string of the molecule is O=C1N(CN2CCN(C(c3ccccc3)c3ccccc3)CC2)c2ccccc2C12OCCCCO2. The predicted octanol–water partition coefficient (Wildman–Crippen LogP) is 4.38. The fourth-order valence-electron chi connectivity index (χ4n) is 5.73. The maximum Gasteiger partial charge on any atom is 0.293 e. The fraction of sp³-hybridized carbons (Fsp3) is 0.367. The number of para-hydroxylation sites is 1. The number of anilines is 1. The molecule has 2 saturated heterocycles. The average molecular weight is 484 g/mol. The number of hydrogen-bond acceptors (Lipinski definition) is 5. The van der Waals surface area contributed by atoms with Crippen molar-refractivity contribution in [2.24, 2.45) is 0 Å². The van der Waals surface area contributed by atoms with E-state index in [9.17, 15) is 4.79 Å². The Morgan fingerprint density at radius 2 is 1.28 bits per heavy atom. The van der Waals surface area contributed by atoms with Gasteiger partial charge >= 0.3 is 0 Å². The van der Waals surface area contributed by atoms with E-state index in [4.69, 9.17) is 9.47 Å². The first kappa shape index (κ1) is 23.4. The molecule has 3 aromatic carbocycles. The topological polar surface area (TPSA) is 45.3 Å². The van der Waals surface area contributed by atoms with Gasteiger partial charge in [-0.3, -0.25) is 19.5 Å². The highest BCUT2D eigenvalue weighted by molar-refractivity contribution is 6.06. The lowest BCUT2D eigenvalue weighted by molar-refractivity contribution is -0.223. The molecule has 0 radical (unpaired) electrons. The third-order valence-electron chi connectivity index (χ3n) is 7.57. The standard InChI is InChI=1S/C30H33N3O3/c34-29-30(35-21-9-10-22-36-30)26-15-7-8-16-27(26)33(29)23-31-17-19-32(20-18-31)28(24-11-3-1-4-12-24)25-13-5-2-6-14-25/h1-8,11-16,28H,9-10,17-23H2. The normalized spacial score (nSPS) is 20.6. The predicted molar refractivity (Wildman–Crippen MR) is 139 cm³/mol. The summed E-state index contributed by atoms with van der Waals surface area (Å²) in [6.07, 6.45) is 1.81. The Labute approximate surface area is 213 Å². The minimum absolute atomic E-state index is 0.0977. The van der Waals surface area contributed by atoms with E-state index in [1.807, 2.05) is 29.2 Å². The Morgan fingerprint density at radius 3 is 1.89 bits per heavy atom. The summed E-state index contributed by atoms with van der Waals surface area (Å²) in [6.45, 7) is 5.24. The third-order valence-corrected chi connectivity index (χ3v) is 7.57. The molecule has 1 spiro atoms. The lowest BCUT2D eigenvalue weighted by atomic mass is 9.96. The van der Waals surface area contributed by atoms with Gasteiger partial charge in [0.15, 0.2) is 0 Å². The number of carbonyl (C=O) groups is 1. The van der Waals surface area contributed by atoms with Gasteiger partial charge < -0.3 is 9.47 Å². The monoisotopic (exact) mass is 483 g/mol. The van der Waals surface area contributed by atoms with Crippen molar-refractivity contribution in [1.82, 2.24) is 9.80 Å². The van der Waals surface area contributed by atoms with Gasteiger partial charge in [0.05, 0.1) is 31.6 Å². The van der Waals surface area contributed by atoms with Crippen molar-refractivity contribution in [1.29, 1.82) is 0 Å². The van der Waals surface area contributed by atoms with E-state index < -0.39 is 5.79 Å². The molecule has 36 heavy (non-hydrogen) atoms. The molecule has 1 amide bonds. The molecule has 3 aliphatic heterocycles. The Morgan fingerprint density at radius 1 is 0.722 bits per heavy atom. The maximum absolute atomic E-state index is 13.7. The first-order valence-corrected chi connectivity index (χ1v) is 13.0. The van der Waals surface area contributed by atoms with Crippen LogP contribution in [0.1, 0.15) is 35.6 Å². The van der Waals surface area contributed by atoms with Gasteiger partial charge in [-0.25, -0.2) is 0 Å². The van der Waals surface area contributed by atoms with Gasteiger partial charge in [0.2, 0.25) is 0 Å². The molecule has 2 fully saturated rings. The van der Waals surface area contributed by atoms with E-state index in [1.54, 1.807) is 0 Å². The van der Waals surface area contributed by atoms with Gasteiger partial charge in [0.1, 0.15) is 0 Å². The molecule has 6 rings (SSSR count). The zero-order chi connectivity index (χ0) is 24.4. The Kier molecular flexibility index (Phi) is 6.59. The summed E-state index contributed by atoms with van der Waals surface area (Å²) in [6, 6.07) is 29.6. The van der Waals surface area contributed by atoms with E-state index in [2.05, 4.69) is 70.5 Å². The largest absolute Gasteiger partial charge is 0.338 e. The lowest BCUT2D eigenvalue weighted by Gasteiger charge is -2.41. The number of fused-ring (bicyclic) bond motifs is 2. The Balaban J connectivity index is 1.19. The highest BCUT2D eigenvalue weighted by Gasteiger charge is 2.54. The average Bonchev–Trinajstić information content (AvgIpc) is 3.08. The number of piperazine rings is 1. The summed E-state index contributed by atoms with van der Waals surface area (Å²) < 4.78 is 12.2. The third kappa shape index (κ3) is 4.24. The van der Waals surface area contributed by atoms with E-state index >= 15 is 0 Å². The van der Waals surface area contributed by atoms with Crippen molar-refractivity contribution in [3.63, 3.8) is 0 Å². The van der Waals surface area contributed by atoms with Gasteiger partial charge in [0.25, 0.3) is 11.7 Å². The molecule has 6 nitrogen and oxygen atoms in total. The van der Waals surface area contributed by atoms with Crippen LogP contribution in [0.25, 0.3) is 0 Å². The molecule has 0 N–H and O–H groups in total. The second-order valence-electron chi connectivity index (χ2n) is 9.79. The highest BCUT2D eigenvalue weighted by atomic mass is 16.7. The Hall–Kier alpha value is -3.03. The number of carbonyl (C=O) groups excluding carboxylic acids is 1. The summed E-state index contributed by atoms with van der Waals surface area (Å²) in [5, 5.41) is 0. The molecule has 0 saturated carbocycles. The van der Waals surface area contributed by atoms with Crippen LogP contribution in [0.15, 0.2) is 84.9 Å². The van der Waals surface area contributed by atoms with Crippen LogP contribution in [0.5, 0.6) is 0 Å². The summed E-state index contributed by atoms with van der Waals surface area (Å²) >= 11 is 0. The zero-order valence-electron chi connectivity index (χ0n) is 20.6. The van der Waals surface area contributed by atoms with Gasteiger partial charge in [0, 0.05) is 31.7 Å². The fourth-order valence-corrected chi connectivity index (χ4v) is 5.73. The van der Waals surface area contributed by atoms with Crippen LogP contribution in [0.2, 0.25) is 0 Å². The Bertz CT molecular complexity index is 1130. The van der Waals surface area contributed by atoms with Gasteiger partial charge in [-0.05, 0) is 30.0 Å². The van der Waals surface area contributed by atoms with Crippen LogP contribution in [-0.2, 0) is 20.1 Å². The summed E-state index contributed by atoms with van der Waals surface area (Å²) in [4.78, 5) is 20.5. The summed E-state index contributed by atoms with van der Waals surface area (Å²) in [7, 11) is 0. The van der Waals surface area contributed by atoms with E-state index in [0.717, 1.165) is 50.3 Å². The van der Waals surface area contributed by atoms with E-state index in [0.29, 0.717) is 19.9 Å². The van der Waals surface area contributed by atoms with Crippen molar-refractivity contribution in [3.8, 4) is 0 Å². The molecular weight excluding hydrogens is 450 g/mol. The molecule has 3 heterocycles. The molecular formula is C30H33N3O3. The number of hydrogen-bond donors (Lipinski definition) is 0. The van der Waals surface area contributed by atoms with Gasteiger partial charge in [-0.15, -0.1) is 0 Å². The molecule has 3 aliphatic rings. The van der Waals surface area contributed by atoms with Crippen molar-refractivity contribution in [2.45, 2.75) is 24.7 Å². The number of ether oxygens (including phenoxy) is 2. The van der Waals surface area contributed by atoms with Gasteiger partial charge in [-0.1, -0.05) is 78.9 Å². The van der Waals surface area contributed by atoms with Crippen LogP contribution in [0.3, 0.4) is 0 Å². The van der Waals surface area contributed by atoms with E-state index in [1.165, 1.54) is 11.1 Å². The number of amides is 1. The minimum atomic E-state index is -1.29. The molecule has 6 heteroatoms. The second kappa shape index (κ2) is 10.1. The van der Waals surface area contributed by atoms with Gasteiger partial charge in [-0.2, -0.15) is 0 Å². The molecule has 0 atom stereocenters. The lowest BCUT2D eigenvalue weighted by Crippen LogP contribution is -2.53. The van der Waals surface area contributed by atoms with Crippen molar-refractivity contribution in [3.05, 3.63) is 102 Å². The number of benzene rings is 3. The number of nitrogens with zero attached hydrogens (tertiary/aromatic N) is 3. The second-order valence-corrected chi connectivity index (χ2v) is 9.79.